The lowest BCUT2D eigenvalue weighted by atomic mass is 10.1. The number of morpholine rings is 1. The lowest BCUT2D eigenvalue weighted by Gasteiger charge is -2.31. The van der Waals surface area contributed by atoms with Crippen molar-refractivity contribution in [3.05, 3.63) is 48.0 Å². The van der Waals surface area contributed by atoms with Gasteiger partial charge in [-0.25, -0.2) is 4.79 Å². The molecule has 1 aliphatic rings. The van der Waals surface area contributed by atoms with Crippen LogP contribution in [0.4, 0.5) is 35.0 Å². The number of alkyl halides is 3. The number of carbonyl (C=O) groups excluding carboxylic acids is 1. The van der Waals surface area contributed by atoms with Crippen molar-refractivity contribution < 1.29 is 27.4 Å². The topological polar surface area (TPSA) is 62.8 Å². The number of anilines is 3. The molecule has 2 aromatic carbocycles. The molecule has 0 spiro atoms. The van der Waals surface area contributed by atoms with Gasteiger partial charge in [0.2, 0.25) is 0 Å². The van der Waals surface area contributed by atoms with Gasteiger partial charge >= 0.3 is 12.2 Å². The van der Waals surface area contributed by atoms with E-state index in [0.717, 1.165) is 12.1 Å². The predicted octanol–water partition coefficient (Wildman–Crippen LogP) is 4.19. The van der Waals surface area contributed by atoms with E-state index in [9.17, 15) is 18.0 Å². The second-order valence-corrected chi connectivity index (χ2v) is 6.14. The number of halogens is 3. The Morgan fingerprint density at radius 1 is 1.11 bits per heavy atom. The Bertz CT molecular complexity index is 837. The zero-order valence-electron chi connectivity index (χ0n) is 15.2. The van der Waals surface area contributed by atoms with Crippen LogP contribution in [0.25, 0.3) is 0 Å². The predicted molar refractivity (Wildman–Crippen MR) is 100 cm³/mol. The minimum atomic E-state index is -4.51. The zero-order chi connectivity index (χ0) is 20.1. The molecule has 1 fully saturated rings. The van der Waals surface area contributed by atoms with Crippen molar-refractivity contribution in [2.75, 3.05) is 48.9 Å². The Morgan fingerprint density at radius 3 is 2.54 bits per heavy atom. The summed E-state index contributed by atoms with van der Waals surface area (Å²) in [5, 5.41) is 5.13. The molecule has 1 aliphatic heterocycles. The van der Waals surface area contributed by atoms with Crippen LogP contribution < -0.4 is 20.3 Å². The molecule has 1 saturated heterocycles. The summed E-state index contributed by atoms with van der Waals surface area (Å²) in [5.74, 6) is 0.547. The third-order valence-electron chi connectivity index (χ3n) is 4.25. The second-order valence-electron chi connectivity index (χ2n) is 6.14. The standard InChI is InChI=1S/C19H20F3N3O3/c1-27-15-4-2-3-14(12-15)23-18(26)24-16-11-13(19(20,21)22)5-6-17(16)25-7-9-28-10-8-25/h2-6,11-12H,7-10H2,1H3,(H2,23,24,26). The minimum absolute atomic E-state index is 0.0807. The first-order valence-corrected chi connectivity index (χ1v) is 8.63. The number of carbonyl (C=O) groups is 1. The number of benzene rings is 2. The molecule has 6 nitrogen and oxygen atoms in total. The van der Waals surface area contributed by atoms with Gasteiger partial charge in [0.05, 0.1) is 37.3 Å². The first-order valence-electron chi connectivity index (χ1n) is 8.63. The van der Waals surface area contributed by atoms with Gasteiger partial charge in [0.15, 0.2) is 0 Å². The lowest BCUT2D eigenvalue weighted by molar-refractivity contribution is -0.137. The number of hydrogen-bond donors (Lipinski definition) is 2. The molecule has 0 saturated carbocycles. The van der Waals surface area contributed by atoms with E-state index in [-0.39, 0.29) is 5.69 Å². The van der Waals surface area contributed by atoms with E-state index in [1.54, 1.807) is 24.3 Å². The molecule has 3 rings (SSSR count). The molecule has 0 atom stereocenters. The van der Waals surface area contributed by atoms with Crippen LogP contribution in [0.3, 0.4) is 0 Å². The molecule has 150 valence electrons. The molecule has 2 aromatic rings. The second kappa shape index (κ2) is 8.39. The molecular formula is C19H20F3N3O3. The number of hydrogen-bond acceptors (Lipinski definition) is 4. The van der Waals surface area contributed by atoms with Gasteiger partial charge in [-0.3, -0.25) is 0 Å². The summed E-state index contributed by atoms with van der Waals surface area (Å²) < 4.78 is 49.8. The highest BCUT2D eigenvalue weighted by Gasteiger charge is 2.32. The van der Waals surface area contributed by atoms with Crippen molar-refractivity contribution in [1.82, 2.24) is 0 Å². The average Bonchev–Trinajstić information content (AvgIpc) is 2.68. The van der Waals surface area contributed by atoms with E-state index >= 15 is 0 Å². The lowest BCUT2D eigenvalue weighted by Crippen LogP contribution is -2.37. The van der Waals surface area contributed by atoms with E-state index in [1.165, 1.54) is 13.2 Å². The van der Waals surface area contributed by atoms with Crippen LogP contribution in [0.15, 0.2) is 42.5 Å². The Labute approximate surface area is 160 Å². The van der Waals surface area contributed by atoms with E-state index in [4.69, 9.17) is 9.47 Å². The number of rotatable bonds is 4. The van der Waals surface area contributed by atoms with Gasteiger partial charge in [-0.1, -0.05) is 6.07 Å². The van der Waals surface area contributed by atoms with Crippen LogP contribution in [0, 0.1) is 0 Å². The molecule has 0 aliphatic carbocycles. The first-order chi connectivity index (χ1) is 13.4. The number of ether oxygens (including phenoxy) is 2. The number of amides is 2. The van der Waals surface area contributed by atoms with Gasteiger partial charge in [-0.2, -0.15) is 13.2 Å². The largest absolute Gasteiger partial charge is 0.497 e. The highest BCUT2D eigenvalue weighted by molar-refractivity contribution is 6.02. The molecule has 2 N–H and O–H groups in total. The number of urea groups is 1. The maximum Gasteiger partial charge on any atom is 0.416 e. The maximum atomic E-state index is 13.1. The molecular weight excluding hydrogens is 375 g/mol. The Kier molecular flexibility index (Phi) is 5.93. The smallest absolute Gasteiger partial charge is 0.416 e. The van der Waals surface area contributed by atoms with Crippen molar-refractivity contribution in [3.63, 3.8) is 0 Å². The Hall–Kier alpha value is -2.94. The summed E-state index contributed by atoms with van der Waals surface area (Å²) in [6.45, 7) is 1.99. The monoisotopic (exact) mass is 395 g/mol. The average molecular weight is 395 g/mol. The van der Waals surface area contributed by atoms with E-state index in [2.05, 4.69) is 10.6 Å². The Morgan fingerprint density at radius 2 is 1.86 bits per heavy atom. The van der Waals surface area contributed by atoms with Crippen molar-refractivity contribution in [2.45, 2.75) is 6.18 Å². The Balaban J connectivity index is 1.83. The summed E-state index contributed by atoms with van der Waals surface area (Å²) in [6.07, 6.45) is -4.51. The van der Waals surface area contributed by atoms with Crippen molar-refractivity contribution in [3.8, 4) is 5.75 Å². The fraction of sp³-hybridized carbons (Fsp3) is 0.316. The van der Waals surface area contributed by atoms with E-state index in [0.29, 0.717) is 43.4 Å². The van der Waals surface area contributed by atoms with Crippen LogP contribution in [-0.4, -0.2) is 39.4 Å². The van der Waals surface area contributed by atoms with Gasteiger partial charge in [0.25, 0.3) is 0 Å². The highest BCUT2D eigenvalue weighted by Crippen LogP contribution is 2.35. The molecule has 9 heteroatoms. The number of nitrogens with zero attached hydrogens (tertiary/aromatic N) is 1. The molecule has 0 bridgehead atoms. The summed E-state index contributed by atoms with van der Waals surface area (Å²) in [4.78, 5) is 14.3. The van der Waals surface area contributed by atoms with Crippen molar-refractivity contribution >= 4 is 23.1 Å². The SMILES string of the molecule is COc1cccc(NC(=O)Nc2cc(C(F)(F)F)ccc2N2CCOCC2)c1. The van der Waals surface area contributed by atoms with Crippen LogP contribution >= 0.6 is 0 Å². The maximum absolute atomic E-state index is 13.1. The number of nitrogens with one attached hydrogen (secondary N) is 2. The molecule has 0 aromatic heterocycles. The summed E-state index contributed by atoms with van der Waals surface area (Å²) in [7, 11) is 1.50. The van der Waals surface area contributed by atoms with Gasteiger partial charge in [-0.15, -0.1) is 0 Å². The van der Waals surface area contributed by atoms with Gasteiger partial charge in [-0.05, 0) is 30.3 Å². The highest BCUT2D eigenvalue weighted by atomic mass is 19.4. The first kappa shape index (κ1) is 19.8. The van der Waals surface area contributed by atoms with E-state index < -0.39 is 17.8 Å². The fourth-order valence-electron chi connectivity index (χ4n) is 2.88. The molecule has 1 heterocycles. The normalized spacial score (nSPS) is 14.5. The van der Waals surface area contributed by atoms with Crippen molar-refractivity contribution in [2.24, 2.45) is 0 Å². The third-order valence-corrected chi connectivity index (χ3v) is 4.25. The van der Waals surface area contributed by atoms with Gasteiger partial charge in [0.1, 0.15) is 5.75 Å². The summed E-state index contributed by atoms with van der Waals surface area (Å²) >= 11 is 0. The third kappa shape index (κ3) is 4.86. The zero-order valence-corrected chi connectivity index (χ0v) is 15.2. The van der Waals surface area contributed by atoms with Crippen LogP contribution in [0.5, 0.6) is 5.75 Å². The number of methoxy groups -OCH3 is 1. The molecule has 28 heavy (non-hydrogen) atoms. The minimum Gasteiger partial charge on any atom is -0.497 e. The van der Waals surface area contributed by atoms with Crippen LogP contribution in [0.1, 0.15) is 5.56 Å². The summed E-state index contributed by atoms with van der Waals surface area (Å²) in [6, 6.07) is 9.33. The van der Waals surface area contributed by atoms with Gasteiger partial charge in [0, 0.05) is 24.8 Å². The van der Waals surface area contributed by atoms with Crippen LogP contribution in [0.2, 0.25) is 0 Å². The van der Waals surface area contributed by atoms with Crippen molar-refractivity contribution in [1.29, 1.82) is 0 Å². The summed E-state index contributed by atoms with van der Waals surface area (Å²) in [5.41, 5.74) is 0.215. The fourth-order valence-corrected chi connectivity index (χ4v) is 2.88. The quantitative estimate of drug-likeness (QED) is 0.815. The molecule has 2 amide bonds. The molecule has 0 radical (unpaired) electrons. The van der Waals surface area contributed by atoms with E-state index in [1.807, 2.05) is 4.90 Å². The van der Waals surface area contributed by atoms with Crippen LogP contribution in [-0.2, 0) is 10.9 Å². The van der Waals surface area contributed by atoms with Gasteiger partial charge < -0.3 is 25.0 Å². The molecule has 0 unspecified atom stereocenters.